The maximum atomic E-state index is 14.3. The smallest absolute Gasteiger partial charge is 0.321 e. The highest BCUT2D eigenvalue weighted by Crippen LogP contribution is 2.29. The lowest BCUT2D eigenvalue weighted by Gasteiger charge is -2.35. The number of carbonyl (C=O) groups is 3. The molecular weight excluding hydrogens is 615 g/mol. The number of likely N-dealkylation sites (N-methyl/N-ethyl adjacent to an activating group) is 1. The molecule has 3 aromatic carbocycles. The van der Waals surface area contributed by atoms with Crippen molar-refractivity contribution >= 4 is 29.2 Å². The van der Waals surface area contributed by atoms with Gasteiger partial charge in [0.2, 0.25) is 5.91 Å². The number of amides is 4. The van der Waals surface area contributed by atoms with Gasteiger partial charge in [-0.05, 0) is 81.1 Å². The third-order valence-electron chi connectivity index (χ3n) is 8.44. The van der Waals surface area contributed by atoms with Crippen LogP contribution in [0.2, 0.25) is 0 Å². The number of urea groups is 1. The molecule has 1 heterocycles. The molecule has 0 saturated carbocycles. The van der Waals surface area contributed by atoms with Crippen molar-refractivity contribution in [2.75, 3.05) is 44.0 Å². The molecule has 48 heavy (non-hydrogen) atoms. The number of hydrogen-bond donors (Lipinski definition) is 3. The van der Waals surface area contributed by atoms with Gasteiger partial charge >= 0.3 is 6.03 Å². The van der Waals surface area contributed by atoms with E-state index in [2.05, 4.69) is 10.6 Å². The Labute approximate surface area is 282 Å². The molecule has 11 heteroatoms. The second kappa shape index (κ2) is 17.6. The average Bonchev–Trinajstić information content (AvgIpc) is 3.07. The number of carbonyl (C=O) groups excluding carboxylic acids is 3. The van der Waals surface area contributed by atoms with E-state index in [1.807, 2.05) is 44.2 Å². The van der Waals surface area contributed by atoms with Gasteiger partial charge in [-0.15, -0.1) is 0 Å². The van der Waals surface area contributed by atoms with Gasteiger partial charge in [0.25, 0.3) is 5.91 Å². The van der Waals surface area contributed by atoms with Gasteiger partial charge in [-0.2, -0.15) is 0 Å². The molecule has 1 aliphatic rings. The predicted molar refractivity (Wildman–Crippen MR) is 184 cm³/mol. The first-order valence-corrected chi connectivity index (χ1v) is 16.5. The number of anilines is 2. The fourth-order valence-corrected chi connectivity index (χ4v) is 5.55. The van der Waals surface area contributed by atoms with Crippen LogP contribution in [-0.4, -0.2) is 84.4 Å². The van der Waals surface area contributed by atoms with Crippen molar-refractivity contribution in [1.82, 2.24) is 9.80 Å². The van der Waals surface area contributed by atoms with Gasteiger partial charge in [0.15, 0.2) is 0 Å². The minimum Gasteiger partial charge on any atom is -0.490 e. The topological polar surface area (TPSA) is 120 Å². The quantitative estimate of drug-likeness (QED) is 0.274. The number of aliphatic hydroxyl groups excluding tert-OH is 1. The largest absolute Gasteiger partial charge is 0.490 e. The van der Waals surface area contributed by atoms with Crippen molar-refractivity contribution in [3.8, 4) is 5.75 Å². The Morgan fingerprint density at radius 3 is 2.44 bits per heavy atom. The van der Waals surface area contributed by atoms with Crippen molar-refractivity contribution in [3.63, 3.8) is 0 Å². The molecule has 3 N–H and O–H groups in total. The van der Waals surface area contributed by atoms with Crippen LogP contribution in [0, 0.1) is 11.7 Å². The molecule has 0 aromatic heterocycles. The molecular formula is C37H47FN4O6. The first kappa shape index (κ1) is 36.4. The second-order valence-electron chi connectivity index (χ2n) is 12.5. The van der Waals surface area contributed by atoms with Crippen molar-refractivity contribution < 1.29 is 33.4 Å². The Balaban J connectivity index is 1.57. The summed E-state index contributed by atoms with van der Waals surface area (Å²) >= 11 is 0. The fraction of sp³-hybridized carbons (Fsp3) is 0.432. The Hall–Kier alpha value is -4.48. The molecule has 0 fully saturated rings. The van der Waals surface area contributed by atoms with E-state index in [0.717, 1.165) is 24.8 Å². The van der Waals surface area contributed by atoms with Gasteiger partial charge in [-0.25, -0.2) is 9.18 Å². The molecule has 1 aliphatic heterocycles. The standard InChI is InChI=1S/C37H47FN4O6/c1-25-22-42(26(2)24-43)36(45)32-21-31(39-35(44)20-28-11-6-5-7-12-28)17-18-33(32)48-27(3)10-8-9-19-47-34(25)23-41(4)37(46)40-30-15-13-29(38)14-16-30/h5-7,11-18,21,25-27,34,43H,8-10,19-20,22-24H2,1-4H3,(H,39,44)(H,40,46)/t25-,26-,27-,34+/m1/s1. The number of nitrogens with one attached hydrogen (secondary N) is 2. The molecule has 0 unspecified atom stereocenters. The SMILES string of the molecule is C[C@@H]1CCCCO[C@@H](CN(C)C(=O)Nc2ccc(F)cc2)[C@H](C)CN([C@H](C)CO)C(=O)c2cc(NC(=O)Cc3ccccc3)ccc2O1. The molecule has 3 aromatic rings. The summed E-state index contributed by atoms with van der Waals surface area (Å²) in [4.78, 5) is 43.3. The Bertz CT molecular complexity index is 1510. The maximum absolute atomic E-state index is 14.3. The first-order valence-electron chi connectivity index (χ1n) is 16.5. The second-order valence-corrected chi connectivity index (χ2v) is 12.5. The average molecular weight is 663 g/mol. The number of nitrogens with zero attached hydrogens (tertiary/aromatic N) is 2. The van der Waals surface area contributed by atoms with E-state index in [-0.39, 0.29) is 61.5 Å². The van der Waals surface area contributed by atoms with Crippen LogP contribution in [0.1, 0.15) is 56.0 Å². The number of fused-ring (bicyclic) bond motifs is 1. The van der Waals surface area contributed by atoms with Gasteiger partial charge in [-0.1, -0.05) is 37.3 Å². The molecule has 0 aliphatic carbocycles. The summed E-state index contributed by atoms with van der Waals surface area (Å²) in [5.41, 5.74) is 2.07. The lowest BCUT2D eigenvalue weighted by atomic mass is 10.0. The van der Waals surface area contributed by atoms with Crippen LogP contribution in [0.3, 0.4) is 0 Å². The van der Waals surface area contributed by atoms with Crippen molar-refractivity contribution in [1.29, 1.82) is 0 Å². The number of hydrogen-bond acceptors (Lipinski definition) is 6. The van der Waals surface area contributed by atoms with Crippen LogP contribution in [0.25, 0.3) is 0 Å². The van der Waals surface area contributed by atoms with Gasteiger partial charge < -0.3 is 35.0 Å². The zero-order chi connectivity index (χ0) is 34.6. The van der Waals surface area contributed by atoms with E-state index in [1.165, 1.54) is 29.2 Å². The number of halogens is 1. The van der Waals surface area contributed by atoms with Gasteiger partial charge in [0.1, 0.15) is 11.6 Å². The zero-order valence-electron chi connectivity index (χ0n) is 28.2. The predicted octanol–water partition coefficient (Wildman–Crippen LogP) is 5.97. The lowest BCUT2D eigenvalue weighted by molar-refractivity contribution is -0.115. The highest BCUT2D eigenvalue weighted by Gasteiger charge is 2.31. The van der Waals surface area contributed by atoms with E-state index in [4.69, 9.17) is 9.47 Å². The van der Waals surface area contributed by atoms with Crippen LogP contribution in [0.4, 0.5) is 20.6 Å². The molecule has 4 amide bonds. The molecule has 0 bridgehead atoms. The third kappa shape index (κ3) is 10.5. The number of rotatable bonds is 8. The molecule has 0 spiro atoms. The van der Waals surface area contributed by atoms with Crippen LogP contribution < -0.4 is 15.4 Å². The molecule has 10 nitrogen and oxygen atoms in total. The summed E-state index contributed by atoms with van der Waals surface area (Å²) in [6.45, 7) is 6.30. The summed E-state index contributed by atoms with van der Waals surface area (Å²) in [5.74, 6) is -0.817. The van der Waals surface area contributed by atoms with Crippen LogP contribution in [0.15, 0.2) is 72.8 Å². The molecule has 0 saturated heterocycles. The summed E-state index contributed by atoms with van der Waals surface area (Å²) in [7, 11) is 1.66. The zero-order valence-corrected chi connectivity index (χ0v) is 28.2. The number of benzene rings is 3. The summed E-state index contributed by atoms with van der Waals surface area (Å²) in [6, 6.07) is 19.1. The van der Waals surface area contributed by atoms with E-state index in [1.54, 1.807) is 37.1 Å². The number of ether oxygens (including phenoxy) is 2. The lowest BCUT2D eigenvalue weighted by Crippen LogP contribution is -2.48. The first-order chi connectivity index (χ1) is 23.0. The summed E-state index contributed by atoms with van der Waals surface area (Å²) in [5, 5.41) is 15.9. The molecule has 258 valence electrons. The minimum absolute atomic E-state index is 0.183. The van der Waals surface area contributed by atoms with Crippen LogP contribution >= 0.6 is 0 Å². The molecule has 0 radical (unpaired) electrons. The summed E-state index contributed by atoms with van der Waals surface area (Å²) < 4.78 is 26.0. The Kier molecular flexibility index (Phi) is 13.3. The van der Waals surface area contributed by atoms with Crippen molar-refractivity contribution in [2.24, 2.45) is 5.92 Å². The van der Waals surface area contributed by atoms with Gasteiger partial charge in [0, 0.05) is 44.0 Å². The highest BCUT2D eigenvalue weighted by molar-refractivity contribution is 6.00. The van der Waals surface area contributed by atoms with E-state index >= 15 is 0 Å². The highest BCUT2D eigenvalue weighted by atomic mass is 19.1. The fourth-order valence-electron chi connectivity index (χ4n) is 5.55. The Morgan fingerprint density at radius 2 is 1.73 bits per heavy atom. The van der Waals surface area contributed by atoms with Crippen molar-refractivity contribution in [2.45, 2.75) is 64.7 Å². The third-order valence-corrected chi connectivity index (χ3v) is 8.44. The monoisotopic (exact) mass is 662 g/mol. The maximum Gasteiger partial charge on any atom is 0.321 e. The van der Waals surface area contributed by atoms with E-state index < -0.39 is 18.0 Å². The molecule has 4 rings (SSSR count). The number of aliphatic hydroxyl groups is 1. The van der Waals surface area contributed by atoms with Crippen LogP contribution in [-0.2, 0) is 16.0 Å². The van der Waals surface area contributed by atoms with Crippen molar-refractivity contribution in [3.05, 3.63) is 89.7 Å². The normalized spacial score (nSPS) is 19.7. The van der Waals surface area contributed by atoms with E-state index in [9.17, 15) is 23.9 Å². The molecule has 4 atom stereocenters. The van der Waals surface area contributed by atoms with Crippen LogP contribution in [0.5, 0.6) is 5.75 Å². The summed E-state index contributed by atoms with van der Waals surface area (Å²) in [6.07, 6.45) is 1.88. The van der Waals surface area contributed by atoms with Gasteiger partial charge in [0.05, 0.1) is 36.8 Å². The Morgan fingerprint density at radius 1 is 1.02 bits per heavy atom. The van der Waals surface area contributed by atoms with E-state index in [0.29, 0.717) is 23.7 Å². The minimum atomic E-state index is -0.547. The van der Waals surface area contributed by atoms with Gasteiger partial charge in [-0.3, -0.25) is 9.59 Å².